The van der Waals surface area contributed by atoms with Gasteiger partial charge in [-0.1, -0.05) is 41.1 Å². The van der Waals surface area contributed by atoms with Crippen molar-refractivity contribution in [3.63, 3.8) is 0 Å². The highest BCUT2D eigenvalue weighted by Gasteiger charge is 2.19. The summed E-state index contributed by atoms with van der Waals surface area (Å²) in [6.45, 7) is 1.99. The minimum absolute atomic E-state index is 0.205. The number of rotatable bonds is 5. The van der Waals surface area contributed by atoms with Crippen molar-refractivity contribution in [2.75, 3.05) is 14.2 Å². The van der Waals surface area contributed by atoms with Gasteiger partial charge in [-0.2, -0.15) is 14.8 Å². The Labute approximate surface area is 189 Å². The van der Waals surface area contributed by atoms with Crippen LogP contribution in [0.2, 0.25) is 0 Å². The minimum Gasteiger partial charge on any atom is -0.493 e. The molecule has 8 nitrogen and oxygen atoms in total. The van der Waals surface area contributed by atoms with Crippen LogP contribution in [0.4, 0.5) is 0 Å². The molecule has 8 heteroatoms. The number of hydrogen-bond donors (Lipinski definition) is 0. The number of benzene rings is 3. The zero-order valence-electron chi connectivity index (χ0n) is 18.3. The molecule has 0 spiro atoms. The van der Waals surface area contributed by atoms with E-state index in [0.29, 0.717) is 45.0 Å². The van der Waals surface area contributed by atoms with Gasteiger partial charge in [0.15, 0.2) is 17.2 Å². The molecular formula is C25H20N4O4. The Morgan fingerprint density at radius 2 is 1.61 bits per heavy atom. The number of aryl methyl sites for hydroxylation is 1. The van der Waals surface area contributed by atoms with Gasteiger partial charge in [-0.25, -0.2) is 0 Å². The Balaban J connectivity index is 1.67. The topological polar surface area (TPSA) is 92.3 Å². The fraction of sp³-hybridized carbons (Fsp3) is 0.120. The molecule has 5 aromatic rings. The molecule has 0 fully saturated rings. The van der Waals surface area contributed by atoms with Gasteiger partial charge in [-0.05, 0) is 43.3 Å². The second kappa shape index (κ2) is 8.23. The standard InChI is InChI=1S/C25H20N4O4/c1-15-8-11-17(12-9-15)29-25(30)19-7-5-4-6-18(19)22(27-29)24-26-23(28-33-24)16-10-13-20(31-2)21(14-16)32-3/h4-14H,1-3H3. The third kappa shape index (κ3) is 3.61. The van der Waals surface area contributed by atoms with Crippen molar-refractivity contribution in [3.05, 3.63) is 82.6 Å². The molecule has 0 N–H and O–H groups in total. The fourth-order valence-electron chi connectivity index (χ4n) is 3.62. The number of hydrogen-bond acceptors (Lipinski definition) is 7. The zero-order valence-corrected chi connectivity index (χ0v) is 18.3. The summed E-state index contributed by atoms with van der Waals surface area (Å²) >= 11 is 0. The number of methoxy groups -OCH3 is 2. The number of aromatic nitrogens is 4. The molecule has 164 valence electrons. The Morgan fingerprint density at radius 1 is 0.879 bits per heavy atom. The van der Waals surface area contributed by atoms with Gasteiger partial charge in [0.1, 0.15) is 0 Å². The predicted molar refractivity (Wildman–Crippen MR) is 124 cm³/mol. The summed E-state index contributed by atoms with van der Waals surface area (Å²) in [5, 5.41) is 9.87. The van der Waals surface area contributed by atoms with Crippen molar-refractivity contribution in [3.8, 4) is 40.2 Å². The van der Waals surface area contributed by atoms with E-state index in [1.165, 1.54) is 4.68 Å². The molecule has 0 saturated heterocycles. The molecule has 2 aromatic heterocycles. The van der Waals surface area contributed by atoms with Gasteiger partial charge in [-0.15, -0.1) is 0 Å². The largest absolute Gasteiger partial charge is 0.493 e. The lowest BCUT2D eigenvalue weighted by atomic mass is 10.1. The van der Waals surface area contributed by atoms with Crippen molar-refractivity contribution in [1.29, 1.82) is 0 Å². The van der Waals surface area contributed by atoms with Crippen LogP contribution in [-0.2, 0) is 0 Å². The molecular weight excluding hydrogens is 420 g/mol. The predicted octanol–water partition coefficient (Wildman–Crippen LogP) is 4.43. The lowest BCUT2D eigenvalue weighted by molar-refractivity contribution is 0.355. The van der Waals surface area contributed by atoms with E-state index in [1.54, 1.807) is 32.4 Å². The highest BCUT2D eigenvalue weighted by atomic mass is 16.5. The Morgan fingerprint density at radius 3 is 2.33 bits per heavy atom. The van der Waals surface area contributed by atoms with Crippen LogP contribution in [0.5, 0.6) is 11.5 Å². The molecule has 0 aliphatic heterocycles. The lowest BCUT2D eigenvalue weighted by Gasteiger charge is -2.09. The normalized spacial score (nSPS) is 11.0. The summed E-state index contributed by atoms with van der Waals surface area (Å²) in [6.07, 6.45) is 0. The summed E-state index contributed by atoms with van der Waals surface area (Å²) in [7, 11) is 3.14. The van der Waals surface area contributed by atoms with Crippen LogP contribution in [0.15, 0.2) is 76.0 Å². The maximum absolute atomic E-state index is 13.2. The second-order valence-electron chi connectivity index (χ2n) is 7.44. The summed E-state index contributed by atoms with van der Waals surface area (Å²) < 4.78 is 17.6. The lowest BCUT2D eigenvalue weighted by Crippen LogP contribution is -2.22. The van der Waals surface area contributed by atoms with Gasteiger partial charge in [0.25, 0.3) is 11.4 Å². The van der Waals surface area contributed by atoms with E-state index in [0.717, 1.165) is 5.56 Å². The highest BCUT2D eigenvalue weighted by Crippen LogP contribution is 2.32. The molecule has 0 amide bonds. The molecule has 0 radical (unpaired) electrons. The minimum atomic E-state index is -0.224. The molecule has 0 atom stereocenters. The Bertz CT molecular complexity index is 1520. The molecule has 3 aromatic carbocycles. The average molecular weight is 440 g/mol. The Kier molecular flexibility index (Phi) is 5.10. The van der Waals surface area contributed by atoms with Gasteiger partial charge in [0.2, 0.25) is 5.82 Å². The SMILES string of the molecule is COc1ccc(-c2noc(-c3nn(-c4ccc(C)cc4)c(=O)c4ccccc34)n2)cc1OC. The highest BCUT2D eigenvalue weighted by molar-refractivity contribution is 5.92. The maximum atomic E-state index is 13.2. The third-order valence-electron chi connectivity index (χ3n) is 5.35. The Hall–Kier alpha value is -4.46. The summed E-state index contributed by atoms with van der Waals surface area (Å²) in [5.41, 5.74) is 2.63. The van der Waals surface area contributed by atoms with E-state index in [4.69, 9.17) is 14.0 Å². The summed E-state index contributed by atoms with van der Waals surface area (Å²) in [6, 6.07) is 20.2. The third-order valence-corrected chi connectivity index (χ3v) is 5.35. The van der Waals surface area contributed by atoms with Gasteiger partial charge < -0.3 is 14.0 Å². The van der Waals surface area contributed by atoms with Crippen molar-refractivity contribution in [1.82, 2.24) is 19.9 Å². The molecule has 0 aliphatic rings. The number of ether oxygens (including phenoxy) is 2. The van der Waals surface area contributed by atoms with Crippen LogP contribution in [0.3, 0.4) is 0 Å². The van der Waals surface area contributed by atoms with E-state index in [9.17, 15) is 4.79 Å². The van der Waals surface area contributed by atoms with Crippen molar-refractivity contribution in [2.24, 2.45) is 0 Å². The first kappa shape index (κ1) is 20.4. The van der Waals surface area contributed by atoms with E-state index < -0.39 is 0 Å². The molecule has 33 heavy (non-hydrogen) atoms. The first-order chi connectivity index (χ1) is 16.1. The summed E-state index contributed by atoms with van der Waals surface area (Å²) in [4.78, 5) is 17.7. The van der Waals surface area contributed by atoms with Crippen molar-refractivity contribution >= 4 is 10.8 Å². The van der Waals surface area contributed by atoms with Crippen LogP contribution < -0.4 is 15.0 Å². The van der Waals surface area contributed by atoms with Crippen LogP contribution in [0.1, 0.15) is 5.56 Å². The van der Waals surface area contributed by atoms with Crippen LogP contribution in [0, 0.1) is 6.92 Å². The first-order valence-corrected chi connectivity index (χ1v) is 10.2. The average Bonchev–Trinajstić information content (AvgIpc) is 3.35. The van der Waals surface area contributed by atoms with Crippen LogP contribution >= 0.6 is 0 Å². The maximum Gasteiger partial charge on any atom is 0.279 e. The monoisotopic (exact) mass is 440 g/mol. The number of fused-ring (bicyclic) bond motifs is 1. The first-order valence-electron chi connectivity index (χ1n) is 10.2. The quantitative estimate of drug-likeness (QED) is 0.399. The zero-order chi connectivity index (χ0) is 22.9. The number of nitrogens with zero attached hydrogens (tertiary/aromatic N) is 4. The fourth-order valence-corrected chi connectivity index (χ4v) is 3.62. The van der Waals surface area contributed by atoms with Gasteiger partial charge >= 0.3 is 0 Å². The summed E-state index contributed by atoms with van der Waals surface area (Å²) in [5.74, 6) is 1.72. The molecule has 0 saturated carbocycles. The van der Waals surface area contributed by atoms with E-state index in [1.807, 2.05) is 55.5 Å². The van der Waals surface area contributed by atoms with E-state index in [-0.39, 0.29) is 11.4 Å². The van der Waals surface area contributed by atoms with Crippen molar-refractivity contribution < 1.29 is 14.0 Å². The molecule has 0 unspecified atom stereocenters. The van der Waals surface area contributed by atoms with Gasteiger partial charge in [0, 0.05) is 10.9 Å². The van der Waals surface area contributed by atoms with E-state index >= 15 is 0 Å². The molecule has 0 aliphatic carbocycles. The second-order valence-corrected chi connectivity index (χ2v) is 7.44. The molecule has 5 rings (SSSR count). The molecule has 0 bridgehead atoms. The van der Waals surface area contributed by atoms with Crippen LogP contribution in [0.25, 0.3) is 39.4 Å². The van der Waals surface area contributed by atoms with Crippen molar-refractivity contribution in [2.45, 2.75) is 6.92 Å². The smallest absolute Gasteiger partial charge is 0.279 e. The van der Waals surface area contributed by atoms with E-state index in [2.05, 4.69) is 15.2 Å². The molecule has 2 heterocycles. The van der Waals surface area contributed by atoms with Crippen LogP contribution in [-0.4, -0.2) is 34.1 Å². The van der Waals surface area contributed by atoms with Gasteiger partial charge in [-0.3, -0.25) is 4.79 Å². The van der Waals surface area contributed by atoms with Gasteiger partial charge in [0.05, 0.1) is 25.3 Å².